The molecular formula is C25H27Br2N3O4S. The molecule has 0 saturated carbocycles. The van der Waals surface area contributed by atoms with Gasteiger partial charge in [-0.1, -0.05) is 31.9 Å². The van der Waals surface area contributed by atoms with E-state index in [9.17, 15) is 18.0 Å². The average Bonchev–Trinajstić information content (AvgIpc) is 3.10. The molecule has 1 N–H and O–H groups in total. The van der Waals surface area contributed by atoms with Crippen molar-refractivity contribution in [2.45, 2.75) is 43.3 Å². The monoisotopic (exact) mass is 623 g/mol. The smallest absolute Gasteiger partial charge is 0.326 e. The number of nitrogens with zero attached hydrogens (tertiary/aromatic N) is 2. The molecule has 0 bridgehead atoms. The van der Waals surface area contributed by atoms with Crippen molar-refractivity contribution in [2.24, 2.45) is 0 Å². The molecule has 0 unspecified atom stereocenters. The van der Waals surface area contributed by atoms with Crippen LogP contribution < -0.4 is 0 Å². The van der Waals surface area contributed by atoms with E-state index in [1.807, 2.05) is 19.1 Å². The van der Waals surface area contributed by atoms with Crippen molar-refractivity contribution in [2.75, 3.05) is 19.6 Å². The van der Waals surface area contributed by atoms with Crippen LogP contribution in [0.15, 0.2) is 56.3 Å². The third-order valence-electron chi connectivity index (χ3n) is 6.50. The van der Waals surface area contributed by atoms with Crippen molar-refractivity contribution in [1.29, 1.82) is 0 Å². The molecule has 3 amide bonds. The van der Waals surface area contributed by atoms with Crippen LogP contribution in [0.2, 0.25) is 0 Å². The fourth-order valence-electron chi connectivity index (χ4n) is 4.42. The van der Waals surface area contributed by atoms with Gasteiger partial charge in [-0.2, -0.15) is 0 Å². The first-order valence-electron chi connectivity index (χ1n) is 11.3. The van der Waals surface area contributed by atoms with Crippen LogP contribution in [-0.4, -0.2) is 59.5 Å². The average molecular weight is 625 g/mol. The first-order chi connectivity index (χ1) is 16.4. The van der Waals surface area contributed by atoms with Crippen molar-refractivity contribution < 1.29 is 18.0 Å². The Morgan fingerprint density at radius 3 is 2.37 bits per heavy atom. The number of halogens is 2. The van der Waals surface area contributed by atoms with Crippen LogP contribution >= 0.6 is 31.9 Å². The number of hydrogen-bond donors (Lipinski definition) is 1. The molecule has 7 nitrogen and oxygen atoms in total. The number of carbonyl (C=O) groups is 2. The summed E-state index contributed by atoms with van der Waals surface area (Å²) >= 11 is 6.83. The van der Waals surface area contributed by atoms with Gasteiger partial charge in [0, 0.05) is 51.6 Å². The van der Waals surface area contributed by atoms with E-state index >= 15 is 0 Å². The van der Waals surface area contributed by atoms with E-state index in [-0.39, 0.29) is 23.8 Å². The normalized spacial score (nSPS) is 15.3. The Morgan fingerprint density at radius 1 is 1.03 bits per heavy atom. The lowest BCUT2D eigenvalue weighted by Gasteiger charge is -2.38. The highest BCUT2D eigenvalue weighted by atomic mass is 79.9. The predicted molar refractivity (Wildman–Crippen MR) is 143 cm³/mol. The summed E-state index contributed by atoms with van der Waals surface area (Å²) in [6.07, 6.45) is 0.787. The van der Waals surface area contributed by atoms with Crippen LogP contribution in [0.5, 0.6) is 0 Å². The lowest BCUT2D eigenvalue weighted by Crippen LogP contribution is -2.57. The minimum atomic E-state index is -3.79. The summed E-state index contributed by atoms with van der Waals surface area (Å²) in [5.41, 5.74) is 3.19. The highest BCUT2D eigenvalue weighted by molar-refractivity contribution is 9.10. The summed E-state index contributed by atoms with van der Waals surface area (Å²) in [4.78, 5) is 32.3. The fourth-order valence-corrected chi connectivity index (χ4v) is 6.48. The molecule has 0 spiro atoms. The van der Waals surface area contributed by atoms with Gasteiger partial charge < -0.3 is 9.88 Å². The molecule has 1 saturated heterocycles. The van der Waals surface area contributed by atoms with E-state index in [1.165, 1.54) is 12.1 Å². The Kier molecular flexibility index (Phi) is 7.19. The Hall–Kier alpha value is -2.17. The lowest BCUT2D eigenvalue weighted by molar-refractivity contribution is -0.131. The summed E-state index contributed by atoms with van der Waals surface area (Å²) in [6, 6.07) is 12.0. The van der Waals surface area contributed by atoms with Crippen molar-refractivity contribution >= 4 is 64.5 Å². The minimum absolute atomic E-state index is 0.153. The van der Waals surface area contributed by atoms with Crippen LogP contribution in [0.25, 0.3) is 10.9 Å². The number of sulfone groups is 1. The van der Waals surface area contributed by atoms with E-state index in [4.69, 9.17) is 0 Å². The van der Waals surface area contributed by atoms with Crippen LogP contribution in [0.1, 0.15) is 31.5 Å². The van der Waals surface area contributed by atoms with Crippen LogP contribution in [0, 0.1) is 6.92 Å². The quantitative estimate of drug-likeness (QED) is 0.378. The Balaban J connectivity index is 1.52. The lowest BCUT2D eigenvalue weighted by atomic mass is 10.1. The zero-order chi connectivity index (χ0) is 25.5. The number of urea groups is 1. The van der Waals surface area contributed by atoms with Gasteiger partial charge in [-0.05, 0) is 75.2 Å². The molecule has 10 heteroatoms. The number of carbonyl (C=O) groups excluding carboxylic acids is 2. The largest absolute Gasteiger partial charge is 0.358 e. The second-order valence-corrected chi connectivity index (χ2v) is 13.8. The number of aromatic nitrogens is 1. The Morgan fingerprint density at radius 2 is 1.69 bits per heavy atom. The van der Waals surface area contributed by atoms with E-state index in [0.717, 1.165) is 36.0 Å². The highest BCUT2D eigenvalue weighted by Crippen LogP contribution is 2.30. The molecule has 2 aromatic carbocycles. The number of aromatic amines is 1. The van der Waals surface area contributed by atoms with E-state index in [1.54, 1.807) is 30.9 Å². The third kappa shape index (κ3) is 5.06. The maximum absolute atomic E-state index is 13.3. The maximum atomic E-state index is 13.3. The van der Waals surface area contributed by atoms with Crippen LogP contribution in [0.4, 0.5) is 4.79 Å². The van der Waals surface area contributed by atoms with Crippen LogP contribution in [0.3, 0.4) is 0 Å². The molecule has 1 aromatic heterocycles. The topological polar surface area (TPSA) is 90.6 Å². The predicted octanol–water partition coefficient (Wildman–Crippen LogP) is 5.45. The Bertz CT molecular complexity index is 1400. The molecule has 1 aliphatic rings. The molecule has 0 radical (unpaired) electrons. The van der Waals surface area contributed by atoms with Crippen molar-refractivity contribution in [3.05, 3.63) is 62.7 Å². The number of fused-ring (bicyclic) bond motifs is 1. The molecule has 2 heterocycles. The molecule has 186 valence electrons. The zero-order valence-electron chi connectivity index (χ0n) is 19.8. The van der Waals surface area contributed by atoms with Crippen molar-refractivity contribution in [1.82, 2.24) is 14.8 Å². The molecular weight excluding hydrogens is 598 g/mol. The molecule has 3 aromatic rings. The summed E-state index contributed by atoms with van der Waals surface area (Å²) in [5, 5.41) is 1.09. The molecule has 4 rings (SSSR count). The number of amides is 3. The first-order valence-corrected chi connectivity index (χ1v) is 14.3. The number of rotatable bonds is 7. The summed E-state index contributed by atoms with van der Waals surface area (Å²) in [5.74, 6) is -0.350. The van der Waals surface area contributed by atoms with Gasteiger partial charge >= 0.3 is 6.03 Å². The van der Waals surface area contributed by atoms with E-state index < -0.39 is 20.6 Å². The van der Waals surface area contributed by atoms with Gasteiger partial charge in [0.05, 0.1) is 9.64 Å². The first kappa shape index (κ1) is 25.9. The van der Waals surface area contributed by atoms with Gasteiger partial charge in [0.25, 0.3) is 0 Å². The van der Waals surface area contributed by atoms with Crippen LogP contribution in [-0.2, 0) is 21.1 Å². The van der Waals surface area contributed by atoms with Crippen molar-refractivity contribution in [3.8, 4) is 0 Å². The third-order valence-corrected chi connectivity index (χ3v) is 10.0. The van der Waals surface area contributed by atoms with Gasteiger partial charge in [0.15, 0.2) is 9.84 Å². The summed E-state index contributed by atoms with van der Waals surface area (Å²) in [7, 11) is -3.79. The van der Waals surface area contributed by atoms with E-state index in [0.29, 0.717) is 19.5 Å². The second-order valence-electron chi connectivity index (χ2n) is 9.39. The van der Waals surface area contributed by atoms with Gasteiger partial charge in [0.1, 0.15) is 0 Å². The number of imide groups is 1. The van der Waals surface area contributed by atoms with Gasteiger partial charge in [-0.15, -0.1) is 0 Å². The number of hydrogen-bond acceptors (Lipinski definition) is 4. The van der Waals surface area contributed by atoms with Crippen molar-refractivity contribution in [3.63, 3.8) is 0 Å². The fraction of sp³-hybridized carbons (Fsp3) is 0.360. The molecule has 0 atom stereocenters. The number of aryl methyl sites for hydroxylation is 1. The minimum Gasteiger partial charge on any atom is -0.358 e. The molecule has 1 aliphatic heterocycles. The van der Waals surface area contributed by atoms with Gasteiger partial charge in [0.2, 0.25) is 5.91 Å². The SMILES string of the molecule is Cc1[nH]c2ccc(Br)cc2c1CCN1CCC(=O)N(CC(C)(C)S(=O)(=O)c2ccc(Br)cc2)C1=O. The maximum Gasteiger partial charge on any atom is 0.326 e. The number of nitrogens with one attached hydrogen (secondary N) is 1. The summed E-state index contributed by atoms with van der Waals surface area (Å²) < 4.78 is 27.0. The second kappa shape index (κ2) is 9.71. The molecule has 0 aliphatic carbocycles. The summed E-state index contributed by atoms with van der Waals surface area (Å²) in [6.45, 7) is 5.65. The standard InChI is InChI=1S/C25H27Br2N3O4S/c1-16-20(21-14-18(27)6-9-22(21)28-16)10-12-29-13-11-23(31)30(24(29)32)15-25(2,3)35(33,34)19-7-4-17(26)5-8-19/h4-9,14,28H,10-13,15H2,1-3H3. The zero-order valence-corrected chi connectivity index (χ0v) is 23.8. The van der Waals surface area contributed by atoms with E-state index in [2.05, 4.69) is 42.9 Å². The molecule has 35 heavy (non-hydrogen) atoms. The van der Waals surface area contributed by atoms with Gasteiger partial charge in [-0.25, -0.2) is 13.2 Å². The number of H-pyrrole nitrogens is 1. The molecule has 1 fully saturated rings. The highest BCUT2D eigenvalue weighted by Gasteiger charge is 2.42. The van der Waals surface area contributed by atoms with Gasteiger partial charge in [-0.3, -0.25) is 9.69 Å². The Labute approximate surface area is 222 Å². The number of benzene rings is 2.